The van der Waals surface area contributed by atoms with Crippen LogP contribution in [0.4, 0.5) is 0 Å². The summed E-state index contributed by atoms with van der Waals surface area (Å²) in [7, 11) is 0.156. The highest BCUT2D eigenvalue weighted by atomic mass is 32.2. The van der Waals surface area contributed by atoms with Gasteiger partial charge in [-0.05, 0) is 6.92 Å². The summed E-state index contributed by atoms with van der Waals surface area (Å²) in [5, 5.41) is 0. The molecular formula is C15H25N3O5S. The van der Waals surface area contributed by atoms with Crippen molar-refractivity contribution in [3.8, 4) is 0 Å². The summed E-state index contributed by atoms with van der Waals surface area (Å²) < 4.78 is 29.5. The van der Waals surface area contributed by atoms with Crippen molar-refractivity contribution in [1.29, 1.82) is 0 Å². The smallest absolute Gasteiger partial charge is 0.236 e. The second-order valence-electron chi connectivity index (χ2n) is 7.52. The van der Waals surface area contributed by atoms with Gasteiger partial charge in [0, 0.05) is 33.2 Å². The second kappa shape index (κ2) is 5.96. The van der Waals surface area contributed by atoms with Gasteiger partial charge in [-0.3, -0.25) is 14.5 Å². The van der Waals surface area contributed by atoms with Gasteiger partial charge in [0.05, 0.1) is 42.7 Å². The van der Waals surface area contributed by atoms with E-state index in [0.29, 0.717) is 26.3 Å². The highest BCUT2D eigenvalue weighted by Gasteiger charge is 2.52. The van der Waals surface area contributed by atoms with Crippen LogP contribution in [-0.2, 0) is 24.2 Å². The first-order valence-corrected chi connectivity index (χ1v) is 9.98. The Labute approximate surface area is 142 Å². The SMILES string of the molecule is CN(C)C(=O)CN1CCN(C(=O)C2(C)COC2)[C@H]2CS(=O)(=O)C[C@H]21. The van der Waals surface area contributed by atoms with Crippen LogP contribution in [0, 0.1) is 5.41 Å². The van der Waals surface area contributed by atoms with Gasteiger partial charge in [0.2, 0.25) is 11.8 Å². The number of ether oxygens (including phenoxy) is 1. The summed E-state index contributed by atoms with van der Waals surface area (Å²) in [5.41, 5.74) is -0.543. The summed E-state index contributed by atoms with van der Waals surface area (Å²) in [5.74, 6) is -0.0980. The van der Waals surface area contributed by atoms with Crippen LogP contribution in [0.1, 0.15) is 6.92 Å². The van der Waals surface area contributed by atoms with Gasteiger partial charge in [-0.1, -0.05) is 0 Å². The number of sulfone groups is 1. The van der Waals surface area contributed by atoms with E-state index < -0.39 is 15.3 Å². The molecule has 3 saturated heterocycles. The largest absolute Gasteiger partial charge is 0.379 e. The van der Waals surface area contributed by atoms with E-state index in [1.54, 1.807) is 19.0 Å². The zero-order chi connectivity index (χ0) is 17.7. The average molecular weight is 359 g/mol. The van der Waals surface area contributed by atoms with Crippen molar-refractivity contribution < 1.29 is 22.7 Å². The number of fused-ring (bicyclic) bond motifs is 1. The summed E-state index contributed by atoms with van der Waals surface area (Å²) in [4.78, 5) is 30.0. The van der Waals surface area contributed by atoms with Crippen molar-refractivity contribution in [3.63, 3.8) is 0 Å². The fourth-order valence-corrected chi connectivity index (χ4v) is 5.68. The Kier molecular flexibility index (Phi) is 4.38. The monoisotopic (exact) mass is 359 g/mol. The second-order valence-corrected chi connectivity index (χ2v) is 9.68. The van der Waals surface area contributed by atoms with E-state index in [0.717, 1.165) is 0 Å². The van der Waals surface area contributed by atoms with E-state index in [-0.39, 0.29) is 41.9 Å². The van der Waals surface area contributed by atoms with Gasteiger partial charge in [0.1, 0.15) is 0 Å². The van der Waals surface area contributed by atoms with Gasteiger partial charge in [-0.15, -0.1) is 0 Å². The lowest BCUT2D eigenvalue weighted by molar-refractivity contribution is -0.174. The van der Waals surface area contributed by atoms with Crippen LogP contribution in [-0.4, -0.2) is 105 Å². The molecule has 0 spiro atoms. The Bertz CT molecular complexity index is 643. The number of carbonyl (C=O) groups excluding carboxylic acids is 2. The Hall–Kier alpha value is -1.19. The molecule has 3 rings (SSSR count). The van der Waals surface area contributed by atoms with Crippen LogP contribution in [0.3, 0.4) is 0 Å². The predicted octanol–water partition coefficient (Wildman–Crippen LogP) is -1.58. The molecule has 0 aromatic carbocycles. The number of carbonyl (C=O) groups is 2. The number of amides is 2. The maximum atomic E-state index is 12.9. The number of rotatable bonds is 3. The lowest BCUT2D eigenvalue weighted by Gasteiger charge is -2.48. The molecule has 3 heterocycles. The number of piperazine rings is 1. The number of hydrogen-bond acceptors (Lipinski definition) is 6. The molecule has 0 saturated carbocycles. The maximum absolute atomic E-state index is 12.9. The van der Waals surface area contributed by atoms with Crippen molar-refractivity contribution in [1.82, 2.24) is 14.7 Å². The zero-order valence-electron chi connectivity index (χ0n) is 14.4. The third-order valence-corrected chi connectivity index (χ3v) is 6.95. The molecule has 2 amide bonds. The minimum Gasteiger partial charge on any atom is -0.379 e. The molecule has 0 bridgehead atoms. The molecule has 8 nitrogen and oxygen atoms in total. The average Bonchev–Trinajstić information content (AvgIpc) is 2.79. The van der Waals surface area contributed by atoms with E-state index in [1.165, 1.54) is 4.90 Å². The summed E-state index contributed by atoms with van der Waals surface area (Å²) in [6, 6.07) is -0.676. The Morgan fingerprint density at radius 1 is 1.17 bits per heavy atom. The molecule has 0 aromatic rings. The van der Waals surface area contributed by atoms with Crippen LogP contribution in [0.25, 0.3) is 0 Å². The molecule has 0 aromatic heterocycles. The van der Waals surface area contributed by atoms with E-state index in [2.05, 4.69) is 0 Å². The molecule has 3 fully saturated rings. The number of nitrogens with zero attached hydrogens (tertiary/aromatic N) is 3. The first-order valence-electron chi connectivity index (χ1n) is 8.16. The molecule has 24 heavy (non-hydrogen) atoms. The summed E-state index contributed by atoms with van der Waals surface area (Å²) in [6.45, 7) is 3.78. The minimum atomic E-state index is -3.21. The van der Waals surface area contributed by atoms with Gasteiger partial charge >= 0.3 is 0 Å². The summed E-state index contributed by atoms with van der Waals surface area (Å²) in [6.07, 6.45) is 0. The Morgan fingerprint density at radius 2 is 1.79 bits per heavy atom. The van der Waals surface area contributed by atoms with E-state index >= 15 is 0 Å². The predicted molar refractivity (Wildman–Crippen MR) is 87.1 cm³/mol. The fraction of sp³-hybridized carbons (Fsp3) is 0.867. The quantitative estimate of drug-likeness (QED) is 0.605. The van der Waals surface area contributed by atoms with Gasteiger partial charge in [0.25, 0.3) is 0 Å². The molecule has 9 heteroatoms. The molecule has 3 aliphatic heterocycles. The standard InChI is InChI=1S/C15H25N3O5S/c1-15(9-23-10-15)14(20)18-5-4-17(6-13(19)16(2)3)11-7-24(21,22)8-12(11)18/h11-12H,4-10H2,1-3H3/t11-,12+/m1/s1. The van der Waals surface area contributed by atoms with Crippen LogP contribution in [0.15, 0.2) is 0 Å². The third kappa shape index (κ3) is 3.04. The van der Waals surface area contributed by atoms with Crippen molar-refractivity contribution >= 4 is 21.7 Å². The topological polar surface area (TPSA) is 87.2 Å². The fourth-order valence-electron chi connectivity index (χ4n) is 3.67. The molecule has 0 N–H and O–H groups in total. The number of likely N-dealkylation sites (N-methyl/N-ethyl adjacent to an activating group) is 1. The van der Waals surface area contributed by atoms with Crippen molar-refractivity contribution in [3.05, 3.63) is 0 Å². The van der Waals surface area contributed by atoms with Crippen molar-refractivity contribution in [2.45, 2.75) is 19.0 Å². The van der Waals surface area contributed by atoms with Crippen LogP contribution < -0.4 is 0 Å². The molecule has 3 aliphatic rings. The van der Waals surface area contributed by atoms with Crippen molar-refractivity contribution in [2.75, 3.05) is 58.4 Å². The Morgan fingerprint density at radius 3 is 2.33 bits per heavy atom. The van der Waals surface area contributed by atoms with Gasteiger partial charge in [-0.25, -0.2) is 8.42 Å². The first-order chi connectivity index (χ1) is 11.1. The van der Waals surface area contributed by atoms with Crippen LogP contribution in [0.2, 0.25) is 0 Å². The third-order valence-electron chi connectivity index (χ3n) is 5.25. The van der Waals surface area contributed by atoms with Gasteiger partial charge in [-0.2, -0.15) is 0 Å². The first kappa shape index (κ1) is 17.6. The molecule has 0 unspecified atom stereocenters. The zero-order valence-corrected chi connectivity index (χ0v) is 15.2. The highest BCUT2D eigenvalue weighted by molar-refractivity contribution is 7.91. The van der Waals surface area contributed by atoms with Crippen molar-refractivity contribution in [2.24, 2.45) is 5.41 Å². The molecule has 0 aliphatic carbocycles. The lowest BCUT2D eigenvalue weighted by Crippen LogP contribution is -2.65. The number of hydrogen-bond donors (Lipinski definition) is 0. The van der Waals surface area contributed by atoms with E-state index in [9.17, 15) is 18.0 Å². The molecule has 2 atom stereocenters. The molecule has 0 radical (unpaired) electrons. The highest BCUT2D eigenvalue weighted by Crippen LogP contribution is 2.34. The molecular weight excluding hydrogens is 334 g/mol. The maximum Gasteiger partial charge on any atom is 0.236 e. The van der Waals surface area contributed by atoms with Crippen LogP contribution in [0.5, 0.6) is 0 Å². The molecule has 136 valence electrons. The van der Waals surface area contributed by atoms with Gasteiger partial charge in [0.15, 0.2) is 9.84 Å². The summed E-state index contributed by atoms with van der Waals surface area (Å²) >= 11 is 0. The van der Waals surface area contributed by atoms with E-state index in [4.69, 9.17) is 4.74 Å². The normalized spacial score (nSPS) is 31.2. The van der Waals surface area contributed by atoms with Gasteiger partial charge < -0.3 is 14.5 Å². The van der Waals surface area contributed by atoms with E-state index in [1.807, 2.05) is 11.8 Å². The van der Waals surface area contributed by atoms with Crippen LogP contribution >= 0.6 is 0 Å². The lowest BCUT2D eigenvalue weighted by atomic mass is 9.85. The Balaban J connectivity index is 1.80. The minimum absolute atomic E-state index is 0.00930.